The van der Waals surface area contributed by atoms with Gasteiger partial charge in [0.15, 0.2) is 5.82 Å². The Balaban J connectivity index is 2.00. The second-order valence-electron chi connectivity index (χ2n) is 6.16. The van der Waals surface area contributed by atoms with Crippen molar-refractivity contribution in [3.63, 3.8) is 0 Å². The lowest BCUT2D eigenvalue weighted by Crippen LogP contribution is -2.34. The van der Waals surface area contributed by atoms with Crippen molar-refractivity contribution < 1.29 is 0 Å². The summed E-state index contributed by atoms with van der Waals surface area (Å²) in [5.41, 5.74) is 8.32. The van der Waals surface area contributed by atoms with Gasteiger partial charge in [0, 0.05) is 31.7 Å². The van der Waals surface area contributed by atoms with Crippen LogP contribution >= 0.6 is 0 Å². The molecule has 20 heavy (non-hydrogen) atoms. The molecule has 3 rings (SSSR count). The fraction of sp³-hybridized carbons (Fsp3) is 0.562. The number of fused-ring (bicyclic) bond motifs is 1. The summed E-state index contributed by atoms with van der Waals surface area (Å²) >= 11 is 0. The third-order valence-corrected chi connectivity index (χ3v) is 4.21. The van der Waals surface area contributed by atoms with E-state index in [1.807, 2.05) is 6.07 Å². The maximum atomic E-state index is 6.04. The molecule has 1 aliphatic heterocycles. The predicted octanol–water partition coefficient (Wildman–Crippen LogP) is 2.46. The van der Waals surface area contributed by atoms with Gasteiger partial charge >= 0.3 is 0 Å². The topological polar surface area (TPSA) is 46.6 Å². The summed E-state index contributed by atoms with van der Waals surface area (Å²) in [7, 11) is 0. The first-order valence-corrected chi connectivity index (χ1v) is 7.61. The van der Waals surface area contributed by atoms with Crippen LogP contribution in [0.3, 0.4) is 0 Å². The third-order valence-electron chi connectivity index (χ3n) is 4.21. The minimum absolute atomic E-state index is 0.151. The van der Waals surface area contributed by atoms with Gasteiger partial charge in [0.1, 0.15) is 5.65 Å². The molecule has 0 radical (unpaired) electrons. The summed E-state index contributed by atoms with van der Waals surface area (Å²) in [5.74, 6) is 1.97. The van der Waals surface area contributed by atoms with E-state index in [9.17, 15) is 0 Å². The summed E-state index contributed by atoms with van der Waals surface area (Å²) in [6.07, 6.45) is 5.47. The zero-order chi connectivity index (χ0) is 14.1. The molecule has 0 amide bonds. The van der Waals surface area contributed by atoms with Crippen molar-refractivity contribution in [3.05, 3.63) is 30.1 Å². The van der Waals surface area contributed by atoms with Crippen molar-refractivity contribution in [2.45, 2.75) is 39.2 Å². The molecule has 0 bridgehead atoms. The molecule has 0 spiro atoms. The van der Waals surface area contributed by atoms with Gasteiger partial charge < -0.3 is 15.0 Å². The minimum Gasteiger partial charge on any atom is -0.355 e. The Hall–Kier alpha value is -1.55. The first-order valence-electron chi connectivity index (χ1n) is 7.61. The summed E-state index contributed by atoms with van der Waals surface area (Å²) in [4.78, 5) is 7.28. The molecule has 1 saturated heterocycles. The van der Waals surface area contributed by atoms with E-state index in [0.29, 0.717) is 0 Å². The predicted molar refractivity (Wildman–Crippen MR) is 83.2 cm³/mol. The average molecular weight is 272 g/mol. The van der Waals surface area contributed by atoms with E-state index in [4.69, 9.17) is 10.7 Å². The van der Waals surface area contributed by atoms with E-state index in [2.05, 4.69) is 41.5 Å². The van der Waals surface area contributed by atoms with Gasteiger partial charge in [-0.15, -0.1) is 0 Å². The largest absolute Gasteiger partial charge is 0.355 e. The highest BCUT2D eigenvalue weighted by molar-refractivity contribution is 5.56. The van der Waals surface area contributed by atoms with Crippen LogP contribution in [-0.4, -0.2) is 28.5 Å². The number of rotatable bonds is 3. The van der Waals surface area contributed by atoms with Gasteiger partial charge in [0.05, 0.1) is 5.69 Å². The molecule has 108 valence electrons. The number of nitrogens with two attached hydrogens (primary N) is 1. The molecule has 1 unspecified atom stereocenters. The van der Waals surface area contributed by atoms with Crippen molar-refractivity contribution in [2.24, 2.45) is 11.7 Å². The van der Waals surface area contributed by atoms with Gasteiger partial charge in [-0.1, -0.05) is 13.0 Å². The summed E-state index contributed by atoms with van der Waals surface area (Å²) < 4.78 is 2.19. The van der Waals surface area contributed by atoms with Crippen LogP contribution in [0.15, 0.2) is 24.4 Å². The molecule has 4 heteroatoms. The molecule has 2 aromatic heterocycles. The number of aromatic nitrogens is 2. The lowest BCUT2D eigenvalue weighted by molar-refractivity contribution is 0.436. The maximum Gasteiger partial charge on any atom is 0.151 e. The minimum atomic E-state index is 0.151. The Labute approximate surface area is 120 Å². The number of nitrogens with zero attached hydrogens (tertiary/aromatic N) is 3. The number of pyridine rings is 1. The smallest absolute Gasteiger partial charge is 0.151 e. The molecular weight excluding hydrogens is 248 g/mol. The monoisotopic (exact) mass is 272 g/mol. The molecular formula is C16H24N4. The van der Waals surface area contributed by atoms with Gasteiger partial charge in [-0.25, -0.2) is 4.98 Å². The highest BCUT2D eigenvalue weighted by Crippen LogP contribution is 2.27. The first kappa shape index (κ1) is 13.4. The van der Waals surface area contributed by atoms with Crippen LogP contribution < -0.4 is 10.6 Å². The molecule has 1 atom stereocenters. The molecule has 1 aliphatic rings. The van der Waals surface area contributed by atoms with Crippen molar-refractivity contribution >= 4 is 11.5 Å². The van der Waals surface area contributed by atoms with Crippen molar-refractivity contribution in [2.75, 3.05) is 18.0 Å². The van der Waals surface area contributed by atoms with Crippen LogP contribution in [0.5, 0.6) is 0 Å². The van der Waals surface area contributed by atoms with Crippen molar-refractivity contribution in [1.29, 1.82) is 0 Å². The van der Waals surface area contributed by atoms with Crippen LogP contribution in [0.4, 0.5) is 5.82 Å². The number of hydrogen-bond donors (Lipinski definition) is 1. The number of anilines is 1. The van der Waals surface area contributed by atoms with Gasteiger partial charge in [0.25, 0.3) is 0 Å². The number of imidazole rings is 1. The fourth-order valence-electron chi connectivity index (χ4n) is 3.00. The zero-order valence-corrected chi connectivity index (χ0v) is 12.4. The fourth-order valence-corrected chi connectivity index (χ4v) is 3.00. The lowest BCUT2D eigenvalue weighted by Gasteiger charge is -2.31. The van der Waals surface area contributed by atoms with Gasteiger partial charge in [0.2, 0.25) is 0 Å². The highest BCUT2D eigenvalue weighted by atomic mass is 15.2. The lowest BCUT2D eigenvalue weighted by atomic mass is 9.99. The van der Waals surface area contributed by atoms with E-state index >= 15 is 0 Å². The molecule has 3 heterocycles. The van der Waals surface area contributed by atoms with Gasteiger partial charge in [-0.05, 0) is 37.8 Å². The van der Waals surface area contributed by atoms with E-state index in [-0.39, 0.29) is 6.04 Å². The van der Waals surface area contributed by atoms with Crippen LogP contribution in [0.25, 0.3) is 5.65 Å². The Kier molecular flexibility index (Phi) is 3.66. The van der Waals surface area contributed by atoms with E-state index < -0.39 is 0 Å². The van der Waals surface area contributed by atoms with Crippen LogP contribution in [0, 0.1) is 5.92 Å². The maximum absolute atomic E-state index is 6.04. The van der Waals surface area contributed by atoms with Crippen LogP contribution in [-0.2, 0) is 6.42 Å². The molecule has 0 aromatic carbocycles. The Bertz CT molecular complexity index is 579. The first-order chi connectivity index (χ1) is 9.65. The van der Waals surface area contributed by atoms with Gasteiger partial charge in [-0.2, -0.15) is 0 Å². The second-order valence-corrected chi connectivity index (χ2v) is 6.16. The molecule has 0 saturated carbocycles. The summed E-state index contributed by atoms with van der Waals surface area (Å²) in [6.45, 7) is 6.61. The Morgan fingerprint density at radius 3 is 2.80 bits per heavy atom. The zero-order valence-electron chi connectivity index (χ0n) is 12.4. The van der Waals surface area contributed by atoms with Crippen LogP contribution in [0.1, 0.15) is 32.4 Å². The second kappa shape index (κ2) is 5.44. The van der Waals surface area contributed by atoms with Crippen molar-refractivity contribution in [3.8, 4) is 0 Å². The Morgan fingerprint density at radius 2 is 2.10 bits per heavy atom. The molecule has 4 nitrogen and oxygen atoms in total. The van der Waals surface area contributed by atoms with Gasteiger partial charge in [-0.3, -0.25) is 0 Å². The van der Waals surface area contributed by atoms with Crippen molar-refractivity contribution in [1.82, 2.24) is 9.38 Å². The number of hydrogen-bond acceptors (Lipinski definition) is 3. The molecule has 2 N–H and O–H groups in total. The Morgan fingerprint density at radius 1 is 1.35 bits per heavy atom. The molecule has 0 aliphatic carbocycles. The average Bonchev–Trinajstić information content (AvgIpc) is 2.78. The summed E-state index contributed by atoms with van der Waals surface area (Å²) in [5, 5.41) is 0. The highest BCUT2D eigenvalue weighted by Gasteiger charge is 2.22. The molecule has 1 fully saturated rings. The third kappa shape index (κ3) is 2.52. The van der Waals surface area contributed by atoms with Crippen LogP contribution in [0.2, 0.25) is 0 Å². The van der Waals surface area contributed by atoms with E-state index in [1.54, 1.807) is 0 Å². The quantitative estimate of drug-likeness (QED) is 0.933. The number of piperidine rings is 1. The van der Waals surface area contributed by atoms with E-state index in [1.165, 1.54) is 18.5 Å². The summed E-state index contributed by atoms with van der Waals surface area (Å²) in [6, 6.07) is 6.32. The SMILES string of the molecule is CC(N)Cc1c(N2CCC(C)CC2)nc2ccccn12. The normalized spacial score (nSPS) is 18.6. The molecule has 2 aromatic rings. The standard InChI is InChI=1S/C16H24N4/c1-12-6-9-19(10-7-12)16-14(11-13(2)17)20-8-4-3-5-15(20)18-16/h3-5,8,12-13H,6-7,9-11,17H2,1-2H3. The van der Waals surface area contributed by atoms with E-state index in [0.717, 1.165) is 36.9 Å².